The lowest BCUT2D eigenvalue weighted by atomic mass is 9.96. The minimum Gasteiger partial charge on any atom is -0.454 e. The fourth-order valence-corrected chi connectivity index (χ4v) is 3.07. The smallest absolute Gasteiger partial charge is 0.154 e. The van der Waals surface area contributed by atoms with E-state index in [0.29, 0.717) is 16.2 Å². The molecule has 1 aromatic heterocycles. The lowest BCUT2D eigenvalue weighted by Gasteiger charge is -2.05. The van der Waals surface area contributed by atoms with E-state index in [0.717, 1.165) is 27.5 Å². The highest BCUT2D eigenvalue weighted by Gasteiger charge is 2.15. The first kappa shape index (κ1) is 12.9. The first-order valence-electron chi connectivity index (χ1n) is 6.89. The van der Waals surface area contributed by atoms with Crippen molar-refractivity contribution in [3.63, 3.8) is 0 Å². The summed E-state index contributed by atoms with van der Waals surface area (Å²) in [5, 5.41) is 11.9. The molecule has 0 radical (unpaired) electrons. The molecule has 0 saturated heterocycles. The second-order valence-corrected chi connectivity index (χ2v) is 5.46. The molecule has 0 N–H and O–H groups in total. The molecule has 3 aromatic carbocycles. The Morgan fingerprint density at radius 2 is 1.64 bits per heavy atom. The topological polar surface area (TPSA) is 36.9 Å². The molecule has 0 bridgehead atoms. The molecule has 1 heterocycles. The third kappa shape index (κ3) is 1.80. The zero-order valence-corrected chi connectivity index (χ0v) is 12.3. The molecular weight excluding hydrogens is 294 g/mol. The van der Waals surface area contributed by atoms with E-state index in [1.807, 2.05) is 60.7 Å². The summed E-state index contributed by atoms with van der Waals surface area (Å²) in [5.41, 5.74) is 3.98. The maximum Gasteiger partial charge on any atom is 0.154 e. The van der Waals surface area contributed by atoms with Gasteiger partial charge in [-0.05, 0) is 23.8 Å². The van der Waals surface area contributed by atoms with Crippen molar-refractivity contribution in [2.75, 3.05) is 0 Å². The van der Waals surface area contributed by atoms with Crippen molar-refractivity contribution in [3.05, 3.63) is 71.2 Å². The normalized spacial score (nSPS) is 10.9. The third-order valence-electron chi connectivity index (χ3n) is 3.81. The maximum absolute atomic E-state index is 9.37. The van der Waals surface area contributed by atoms with Crippen LogP contribution in [0, 0.1) is 11.3 Å². The van der Waals surface area contributed by atoms with E-state index in [1.54, 1.807) is 0 Å². The van der Waals surface area contributed by atoms with Gasteiger partial charge in [-0.15, -0.1) is 0 Å². The highest BCUT2D eigenvalue weighted by molar-refractivity contribution is 6.36. The number of hydrogen-bond acceptors (Lipinski definition) is 2. The van der Waals surface area contributed by atoms with Gasteiger partial charge >= 0.3 is 0 Å². The van der Waals surface area contributed by atoms with Gasteiger partial charge in [-0.3, -0.25) is 0 Å². The molecule has 22 heavy (non-hydrogen) atoms. The second kappa shape index (κ2) is 4.91. The highest BCUT2D eigenvalue weighted by Crippen LogP contribution is 2.39. The quantitative estimate of drug-likeness (QED) is 0.447. The summed E-state index contributed by atoms with van der Waals surface area (Å²) in [5.74, 6) is 0. The van der Waals surface area contributed by atoms with Crippen LogP contribution in [0.4, 0.5) is 0 Å². The van der Waals surface area contributed by atoms with E-state index in [-0.39, 0.29) is 0 Å². The van der Waals surface area contributed by atoms with Crippen molar-refractivity contribution in [3.8, 4) is 17.2 Å². The van der Waals surface area contributed by atoms with Crippen LogP contribution < -0.4 is 0 Å². The first-order valence-corrected chi connectivity index (χ1v) is 7.26. The molecule has 0 aliphatic carbocycles. The van der Waals surface area contributed by atoms with Crippen LogP contribution >= 0.6 is 11.6 Å². The summed E-state index contributed by atoms with van der Waals surface area (Å²) >= 11 is 6.24. The van der Waals surface area contributed by atoms with Crippen molar-refractivity contribution in [1.82, 2.24) is 0 Å². The van der Waals surface area contributed by atoms with Gasteiger partial charge in [0.15, 0.2) is 5.58 Å². The van der Waals surface area contributed by atoms with Gasteiger partial charge in [0.05, 0.1) is 16.7 Å². The molecule has 2 nitrogen and oxygen atoms in total. The van der Waals surface area contributed by atoms with Crippen molar-refractivity contribution >= 4 is 33.5 Å². The van der Waals surface area contributed by atoms with E-state index in [2.05, 4.69) is 6.07 Å². The minimum atomic E-state index is 0.591. The van der Waals surface area contributed by atoms with Gasteiger partial charge in [-0.2, -0.15) is 5.26 Å². The van der Waals surface area contributed by atoms with Crippen molar-refractivity contribution < 1.29 is 4.42 Å². The number of furan rings is 1. The average Bonchev–Trinajstić information content (AvgIpc) is 2.95. The predicted octanol–water partition coefficient (Wildman–Crippen LogP) is 5.78. The number of fused-ring (bicyclic) bond motifs is 3. The molecule has 0 saturated carbocycles. The molecule has 0 amide bonds. The number of nitriles is 1. The molecule has 0 aliphatic rings. The van der Waals surface area contributed by atoms with Gasteiger partial charge in [0.1, 0.15) is 5.58 Å². The summed E-state index contributed by atoms with van der Waals surface area (Å²) in [4.78, 5) is 0. The van der Waals surface area contributed by atoms with Crippen LogP contribution in [0.3, 0.4) is 0 Å². The Labute approximate surface area is 132 Å². The molecule has 0 spiro atoms. The molecule has 0 unspecified atom stereocenters. The van der Waals surface area contributed by atoms with Gasteiger partial charge in [-0.25, -0.2) is 0 Å². The van der Waals surface area contributed by atoms with Crippen LogP contribution in [0.5, 0.6) is 0 Å². The molecule has 0 aliphatic heterocycles. The Morgan fingerprint density at radius 1 is 0.864 bits per heavy atom. The van der Waals surface area contributed by atoms with Gasteiger partial charge in [0.2, 0.25) is 0 Å². The van der Waals surface area contributed by atoms with E-state index in [1.165, 1.54) is 0 Å². The lowest BCUT2D eigenvalue weighted by Crippen LogP contribution is -1.84. The minimum absolute atomic E-state index is 0.591. The lowest BCUT2D eigenvalue weighted by molar-refractivity contribution is 0.669. The SMILES string of the molecule is N#Cc1ccccc1-c1cccc2oc3c(Cl)cccc3c12. The molecule has 4 rings (SSSR count). The maximum atomic E-state index is 9.37. The molecule has 3 heteroatoms. The third-order valence-corrected chi connectivity index (χ3v) is 4.11. The Morgan fingerprint density at radius 3 is 2.50 bits per heavy atom. The fraction of sp³-hybridized carbons (Fsp3) is 0. The van der Waals surface area contributed by atoms with Gasteiger partial charge in [0.25, 0.3) is 0 Å². The van der Waals surface area contributed by atoms with E-state index < -0.39 is 0 Å². The Bertz CT molecular complexity index is 1060. The standard InChI is InChI=1S/C19H10ClNO/c20-16-9-3-8-15-18-14(7-4-10-17(18)22-19(15)16)13-6-2-1-5-12(13)11-21/h1-10H. The Kier molecular flexibility index (Phi) is 2.89. The summed E-state index contributed by atoms with van der Waals surface area (Å²) < 4.78 is 5.90. The van der Waals surface area contributed by atoms with Crippen LogP contribution in [0.25, 0.3) is 33.1 Å². The summed E-state index contributed by atoms with van der Waals surface area (Å²) in [6, 6.07) is 21.4. The van der Waals surface area contributed by atoms with Crippen LogP contribution in [0.15, 0.2) is 65.1 Å². The number of halogens is 1. The molecule has 0 atom stereocenters. The fourth-order valence-electron chi connectivity index (χ4n) is 2.85. The Balaban J connectivity index is 2.18. The van der Waals surface area contributed by atoms with Crippen LogP contribution in [0.1, 0.15) is 5.56 Å². The summed E-state index contributed by atoms with van der Waals surface area (Å²) in [6.45, 7) is 0. The molecule has 104 valence electrons. The Hall–Kier alpha value is -2.76. The zero-order chi connectivity index (χ0) is 15.1. The number of benzene rings is 3. The highest BCUT2D eigenvalue weighted by atomic mass is 35.5. The number of para-hydroxylation sites is 1. The van der Waals surface area contributed by atoms with Crippen LogP contribution in [-0.2, 0) is 0 Å². The molecular formula is C19H10ClNO. The predicted molar refractivity (Wildman–Crippen MR) is 88.9 cm³/mol. The van der Waals surface area contributed by atoms with Gasteiger partial charge in [-0.1, -0.05) is 54.1 Å². The van der Waals surface area contributed by atoms with E-state index >= 15 is 0 Å². The first-order chi connectivity index (χ1) is 10.8. The zero-order valence-electron chi connectivity index (χ0n) is 11.5. The van der Waals surface area contributed by atoms with Crippen molar-refractivity contribution in [2.45, 2.75) is 0 Å². The summed E-state index contributed by atoms with van der Waals surface area (Å²) in [6.07, 6.45) is 0. The molecule has 4 aromatic rings. The second-order valence-electron chi connectivity index (χ2n) is 5.05. The van der Waals surface area contributed by atoms with Crippen molar-refractivity contribution in [1.29, 1.82) is 5.26 Å². The average molecular weight is 304 g/mol. The molecule has 0 fully saturated rings. The summed E-state index contributed by atoms with van der Waals surface area (Å²) in [7, 11) is 0. The van der Waals surface area contributed by atoms with E-state index in [9.17, 15) is 5.26 Å². The van der Waals surface area contributed by atoms with Crippen LogP contribution in [-0.4, -0.2) is 0 Å². The number of nitrogens with zero attached hydrogens (tertiary/aromatic N) is 1. The monoisotopic (exact) mass is 303 g/mol. The van der Waals surface area contributed by atoms with Gasteiger partial charge in [0, 0.05) is 16.3 Å². The largest absolute Gasteiger partial charge is 0.454 e. The number of hydrogen-bond donors (Lipinski definition) is 0. The number of rotatable bonds is 1. The van der Waals surface area contributed by atoms with Crippen LogP contribution in [0.2, 0.25) is 5.02 Å². The van der Waals surface area contributed by atoms with Gasteiger partial charge < -0.3 is 4.42 Å². The van der Waals surface area contributed by atoms with Crippen molar-refractivity contribution in [2.24, 2.45) is 0 Å². The van der Waals surface area contributed by atoms with E-state index in [4.69, 9.17) is 16.0 Å².